The summed E-state index contributed by atoms with van der Waals surface area (Å²) < 4.78 is 11.6. The van der Waals surface area contributed by atoms with Gasteiger partial charge in [-0.2, -0.15) is 0 Å². The van der Waals surface area contributed by atoms with E-state index in [1.54, 1.807) is 44.9 Å². The van der Waals surface area contributed by atoms with Gasteiger partial charge in [-0.25, -0.2) is 4.79 Å². The number of hydrogen-bond donors (Lipinski definition) is 2. The average Bonchev–Trinajstić information content (AvgIpc) is 3.62. The lowest BCUT2D eigenvalue weighted by Crippen LogP contribution is -2.57. The van der Waals surface area contributed by atoms with Gasteiger partial charge in [-0.3, -0.25) is 19.3 Å². The zero-order chi connectivity index (χ0) is 27.4. The number of anilines is 1. The number of amides is 4. The SMILES string of the molecule is CN1C(=O)Cc2ccc(-c3ccc(CC(NC(=O)C4C5CCC(C5)N4C(=O)OC(C)(C)C)C(N)=O)o3)cc21. The van der Waals surface area contributed by atoms with Crippen molar-refractivity contribution in [2.75, 3.05) is 11.9 Å². The van der Waals surface area contributed by atoms with Crippen molar-refractivity contribution in [3.63, 3.8) is 0 Å². The van der Waals surface area contributed by atoms with Crippen molar-refractivity contribution in [1.82, 2.24) is 10.2 Å². The van der Waals surface area contributed by atoms with Crippen LogP contribution in [0.25, 0.3) is 11.3 Å². The molecule has 4 unspecified atom stereocenters. The van der Waals surface area contributed by atoms with Crippen molar-refractivity contribution in [2.45, 2.75) is 76.6 Å². The van der Waals surface area contributed by atoms with Gasteiger partial charge in [0.05, 0.1) is 6.42 Å². The molecule has 10 nitrogen and oxygen atoms in total. The number of primary amides is 1. The van der Waals surface area contributed by atoms with Crippen molar-refractivity contribution >= 4 is 29.5 Å². The van der Waals surface area contributed by atoms with Crippen LogP contribution >= 0.6 is 0 Å². The van der Waals surface area contributed by atoms with Crippen LogP contribution < -0.4 is 16.0 Å². The Morgan fingerprint density at radius 3 is 2.66 bits per heavy atom. The molecule has 0 spiro atoms. The van der Waals surface area contributed by atoms with Crippen LogP contribution in [0.5, 0.6) is 0 Å². The first-order chi connectivity index (χ1) is 17.9. The molecule has 1 aromatic heterocycles. The molecule has 2 aliphatic heterocycles. The Bertz CT molecular complexity index is 1290. The lowest BCUT2D eigenvalue weighted by atomic mass is 9.97. The molecule has 3 heterocycles. The van der Waals surface area contributed by atoms with Crippen LogP contribution in [-0.4, -0.2) is 59.5 Å². The Morgan fingerprint density at radius 2 is 1.95 bits per heavy atom. The number of carbonyl (C=O) groups is 4. The molecule has 10 heteroatoms. The first-order valence-corrected chi connectivity index (χ1v) is 13.0. The van der Waals surface area contributed by atoms with E-state index in [0.29, 0.717) is 17.9 Å². The Kier molecular flexibility index (Phi) is 6.44. The molecule has 202 valence electrons. The van der Waals surface area contributed by atoms with Crippen molar-refractivity contribution in [2.24, 2.45) is 11.7 Å². The van der Waals surface area contributed by atoms with Gasteiger partial charge in [-0.15, -0.1) is 0 Å². The highest BCUT2D eigenvalue weighted by atomic mass is 16.6. The van der Waals surface area contributed by atoms with Gasteiger partial charge in [0, 0.05) is 30.8 Å². The summed E-state index contributed by atoms with van der Waals surface area (Å²) in [6.45, 7) is 5.36. The van der Waals surface area contributed by atoms with Gasteiger partial charge in [-0.1, -0.05) is 12.1 Å². The van der Waals surface area contributed by atoms with Crippen LogP contribution in [0, 0.1) is 5.92 Å². The minimum absolute atomic E-state index is 0.0149. The number of rotatable bonds is 6. The van der Waals surface area contributed by atoms with Crippen molar-refractivity contribution in [3.8, 4) is 11.3 Å². The van der Waals surface area contributed by atoms with Crippen LogP contribution in [0.4, 0.5) is 10.5 Å². The average molecular weight is 523 g/mol. The van der Waals surface area contributed by atoms with E-state index in [2.05, 4.69) is 5.32 Å². The number of nitrogens with two attached hydrogens (primary N) is 1. The zero-order valence-corrected chi connectivity index (χ0v) is 22.2. The third-order valence-electron chi connectivity index (χ3n) is 7.63. The van der Waals surface area contributed by atoms with E-state index in [0.717, 1.165) is 36.1 Å². The summed E-state index contributed by atoms with van der Waals surface area (Å²) in [5.74, 6) is 0.00491. The van der Waals surface area contributed by atoms with Crippen LogP contribution in [0.3, 0.4) is 0 Å². The fraction of sp³-hybridized carbons (Fsp3) is 0.500. The molecule has 1 saturated carbocycles. The lowest BCUT2D eigenvalue weighted by Gasteiger charge is -2.36. The standard InChI is InChI=1S/C28H34N4O6/c1-28(2,3)38-27(36)32-18-8-7-17(11-18)24(32)26(35)30-20(25(29)34)14-19-9-10-22(37-19)16-6-5-15-13-23(33)31(4)21(15)12-16/h5-6,9-10,12,17-18,20,24H,7-8,11,13-14H2,1-4H3,(H2,29,34)(H,30,35). The zero-order valence-electron chi connectivity index (χ0n) is 22.2. The summed E-state index contributed by atoms with van der Waals surface area (Å²) in [4.78, 5) is 53.8. The van der Waals surface area contributed by atoms with Gasteiger partial charge in [0.25, 0.3) is 0 Å². The Balaban J connectivity index is 1.29. The number of likely N-dealkylation sites (N-methyl/N-ethyl adjacent to an activating group) is 1. The number of benzene rings is 1. The number of nitrogens with one attached hydrogen (secondary N) is 1. The molecule has 4 atom stereocenters. The molecule has 1 aliphatic carbocycles. The molecule has 1 saturated heterocycles. The van der Waals surface area contributed by atoms with Crippen LogP contribution in [0.2, 0.25) is 0 Å². The van der Waals surface area contributed by atoms with E-state index >= 15 is 0 Å². The summed E-state index contributed by atoms with van der Waals surface area (Å²) in [7, 11) is 1.74. The van der Waals surface area contributed by atoms with Crippen molar-refractivity contribution in [1.29, 1.82) is 0 Å². The van der Waals surface area contributed by atoms with Crippen molar-refractivity contribution in [3.05, 3.63) is 41.7 Å². The summed E-state index contributed by atoms with van der Waals surface area (Å²) >= 11 is 0. The molecule has 0 radical (unpaired) electrons. The Labute approximate surface area is 221 Å². The van der Waals surface area contributed by atoms with Gasteiger partial charge in [-0.05, 0) is 69.7 Å². The highest BCUT2D eigenvalue weighted by Gasteiger charge is 2.52. The number of piperidine rings is 1. The quantitative estimate of drug-likeness (QED) is 0.599. The molecule has 2 bridgehead atoms. The summed E-state index contributed by atoms with van der Waals surface area (Å²) in [5.41, 5.74) is 7.57. The molecule has 2 fully saturated rings. The van der Waals surface area contributed by atoms with Gasteiger partial charge in [0.15, 0.2) is 0 Å². The van der Waals surface area contributed by atoms with E-state index in [4.69, 9.17) is 14.9 Å². The topological polar surface area (TPSA) is 135 Å². The number of hydrogen-bond acceptors (Lipinski definition) is 6. The van der Waals surface area contributed by atoms with Gasteiger partial charge >= 0.3 is 6.09 Å². The van der Waals surface area contributed by atoms with Gasteiger partial charge in [0.1, 0.15) is 29.2 Å². The highest BCUT2D eigenvalue weighted by molar-refractivity contribution is 6.01. The summed E-state index contributed by atoms with van der Waals surface area (Å²) in [5, 5.41) is 2.77. The fourth-order valence-electron chi connectivity index (χ4n) is 5.82. The second-order valence-electron chi connectivity index (χ2n) is 11.5. The largest absolute Gasteiger partial charge is 0.461 e. The number of nitrogens with zero attached hydrogens (tertiary/aromatic N) is 2. The minimum Gasteiger partial charge on any atom is -0.461 e. The summed E-state index contributed by atoms with van der Waals surface area (Å²) in [6.07, 6.45) is 2.34. The molecule has 3 aliphatic rings. The molecular weight excluding hydrogens is 488 g/mol. The molecular formula is C28H34N4O6. The third-order valence-corrected chi connectivity index (χ3v) is 7.63. The van der Waals surface area contributed by atoms with Crippen molar-refractivity contribution < 1.29 is 28.3 Å². The van der Waals surface area contributed by atoms with Gasteiger partial charge < -0.3 is 25.1 Å². The van der Waals surface area contributed by atoms with E-state index < -0.39 is 35.6 Å². The second-order valence-corrected chi connectivity index (χ2v) is 11.5. The number of fused-ring (bicyclic) bond motifs is 3. The molecule has 4 amide bonds. The predicted molar refractivity (Wildman–Crippen MR) is 139 cm³/mol. The Morgan fingerprint density at radius 1 is 1.18 bits per heavy atom. The molecule has 5 rings (SSSR count). The number of carbonyl (C=O) groups excluding carboxylic acids is 4. The third kappa shape index (κ3) is 4.87. The molecule has 3 N–H and O–H groups in total. The number of ether oxygens (including phenoxy) is 1. The van der Waals surface area contributed by atoms with E-state index in [-0.39, 0.29) is 24.3 Å². The number of furan rings is 1. The molecule has 38 heavy (non-hydrogen) atoms. The normalized spacial score (nSPS) is 22.9. The molecule has 2 aromatic rings. The van der Waals surface area contributed by atoms with Crippen LogP contribution in [0.1, 0.15) is 51.4 Å². The van der Waals surface area contributed by atoms with E-state index in [1.165, 1.54) is 4.90 Å². The molecule has 1 aromatic carbocycles. The smallest absolute Gasteiger partial charge is 0.411 e. The van der Waals surface area contributed by atoms with E-state index in [9.17, 15) is 19.2 Å². The second kappa shape index (κ2) is 9.49. The number of likely N-dealkylation sites (tertiary alicyclic amines) is 1. The van der Waals surface area contributed by atoms with Crippen LogP contribution in [0.15, 0.2) is 34.7 Å². The monoisotopic (exact) mass is 522 g/mol. The van der Waals surface area contributed by atoms with Gasteiger partial charge in [0.2, 0.25) is 17.7 Å². The first kappa shape index (κ1) is 25.8. The Hall–Kier alpha value is -3.82. The highest BCUT2D eigenvalue weighted by Crippen LogP contribution is 2.43. The maximum atomic E-state index is 13.4. The van der Waals surface area contributed by atoms with E-state index in [1.807, 2.05) is 18.2 Å². The first-order valence-electron chi connectivity index (χ1n) is 13.0. The maximum Gasteiger partial charge on any atom is 0.411 e. The predicted octanol–water partition coefficient (Wildman–Crippen LogP) is 2.77. The maximum absolute atomic E-state index is 13.4. The lowest BCUT2D eigenvalue weighted by molar-refractivity contribution is -0.132. The van der Waals surface area contributed by atoms with Crippen LogP contribution in [-0.2, 0) is 32.0 Å². The fourth-order valence-corrected chi connectivity index (χ4v) is 5.82. The summed E-state index contributed by atoms with van der Waals surface area (Å²) in [6, 6.07) is 7.46. The minimum atomic E-state index is -1.01.